The number of rotatable bonds is 4. The van der Waals surface area contributed by atoms with E-state index in [-0.39, 0.29) is 28.5 Å². The Bertz CT molecular complexity index is 1350. The Morgan fingerprint density at radius 2 is 1.94 bits per heavy atom. The van der Waals surface area contributed by atoms with Crippen LogP contribution >= 0.6 is 11.6 Å². The van der Waals surface area contributed by atoms with Gasteiger partial charge in [-0.15, -0.1) is 0 Å². The van der Waals surface area contributed by atoms with Gasteiger partial charge in [-0.3, -0.25) is 4.79 Å². The molecule has 3 aromatic rings. The quantitative estimate of drug-likeness (QED) is 0.522. The first-order valence-electron chi connectivity index (χ1n) is 9.89. The zero-order chi connectivity index (χ0) is 23.0. The second-order valence-corrected chi connectivity index (χ2v) is 7.95. The number of hydrogen-bond acceptors (Lipinski definition) is 6. The van der Waals surface area contributed by atoms with Crippen molar-refractivity contribution in [2.75, 3.05) is 0 Å². The summed E-state index contributed by atoms with van der Waals surface area (Å²) in [7, 11) is 0. The van der Waals surface area contributed by atoms with Crippen LogP contribution < -0.4 is 16.0 Å². The van der Waals surface area contributed by atoms with Crippen molar-refractivity contribution in [2.45, 2.75) is 25.8 Å². The minimum Gasteiger partial charge on any atom is -0.504 e. The molecule has 1 atom stereocenters. The molecule has 1 unspecified atom stereocenters. The summed E-state index contributed by atoms with van der Waals surface area (Å²) in [5.41, 5.74) is 8.13. The highest BCUT2D eigenvalue weighted by Gasteiger charge is 2.35. The van der Waals surface area contributed by atoms with Crippen molar-refractivity contribution in [1.82, 2.24) is 4.57 Å². The average molecular weight is 450 g/mol. The van der Waals surface area contributed by atoms with Crippen molar-refractivity contribution in [3.05, 3.63) is 97.7 Å². The van der Waals surface area contributed by atoms with Gasteiger partial charge in [-0.25, -0.2) is 0 Å². The molecule has 162 valence electrons. The van der Waals surface area contributed by atoms with Crippen molar-refractivity contribution in [1.29, 1.82) is 5.26 Å². The molecule has 1 aliphatic heterocycles. The van der Waals surface area contributed by atoms with Gasteiger partial charge in [0.25, 0.3) is 5.56 Å². The Hall–Kier alpha value is -3.89. The van der Waals surface area contributed by atoms with Crippen LogP contribution in [0, 0.1) is 18.3 Å². The maximum Gasteiger partial charge on any atom is 0.258 e. The fourth-order valence-electron chi connectivity index (χ4n) is 3.95. The summed E-state index contributed by atoms with van der Waals surface area (Å²) in [6.07, 6.45) is 0.439. The molecule has 0 spiro atoms. The van der Waals surface area contributed by atoms with Crippen LogP contribution in [-0.4, -0.2) is 14.8 Å². The molecule has 0 saturated heterocycles. The Labute approximate surface area is 189 Å². The summed E-state index contributed by atoms with van der Waals surface area (Å²) in [4.78, 5) is 13.6. The smallest absolute Gasteiger partial charge is 0.258 e. The SMILES string of the molecule is Cc1cc2c(c(=O)n1CCc1ccc(O)c(O)c1)C(c1ccccc1Cl)C(C#N)=C(N)O2. The number of allylic oxidation sites excluding steroid dienone is 1. The van der Waals surface area contributed by atoms with Crippen molar-refractivity contribution in [3.63, 3.8) is 0 Å². The number of hydrogen-bond donors (Lipinski definition) is 3. The number of ether oxygens (including phenoxy) is 1. The predicted molar refractivity (Wildman–Crippen MR) is 120 cm³/mol. The van der Waals surface area contributed by atoms with Gasteiger partial charge < -0.3 is 25.3 Å². The van der Waals surface area contributed by atoms with Gasteiger partial charge in [0.15, 0.2) is 11.5 Å². The lowest BCUT2D eigenvalue weighted by molar-refractivity contribution is 0.388. The molecule has 8 heteroatoms. The zero-order valence-electron chi connectivity index (χ0n) is 17.2. The summed E-state index contributed by atoms with van der Waals surface area (Å²) in [5.74, 6) is -0.935. The lowest BCUT2D eigenvalue weighted by Crippen LogP contribution is -2.33. The third-order valence-electron chi connectivity index (χ3n) is 5.57. The highest BCUT2D eigenvalue weighted by molar-refractivity contribution is 6.31. The van der Waals surface area contributed by atoms with Crippen LogP contribution in [0.2, 0.25) is 5.02 Å². The molecule has 7 nitrogen and oxygen atoms in total. The maximum absolute atomic E-state index is 13.6. The van der Waals surface area contributed by atoms with Crippen molar-refractivity contribution < 1.29 is 14.9 Å². The molecule has 32 heavy (non-hydrogen) atoms. The van der Waals surface area contributed by atoms with Gasteiger partial charge >= 0.3 is 0 Å². The van der Waals surface area contributed by atoms with Crippen LogP contribution in [0.5, 0.6) is 17.2 Å². The van der Waals surface area contributed by atoms with Gasteiger partial charge in [0.1, 0.15) is 17.4 Å². The summed E-state index contributed by atoms with van der Waals surface area (Å²) in [6, 6.07) is 15.3. The van der Waals surface area contributed by atoms with E-state index in [0.29, 0.717) is 40.6 Å². The standard InChI is InChI=1S/C24H20ClN3O4/c1-13-10-20-22(24(31)28(13)9-8-14-6-7-18(29)19(30)11-14)21(16(12-26)23(27)32-20)15-4-2-3-5-17(15)25/h2-7,10-11,21,29-30H,8-9,27H2,1H3. The van der Waals surface area contributed by atoms with Crippen molar-refractivity contribution >= 4 is 11.6 Å². The van der Waals surface area contributed by atoms with E-state index in [0.717, 1.165) is 5.56 Å². The fraction of sp³-hybridized carbons (Fsp3) is 0.167. The lowest BCUT2D eigenvalue weighted by atomic mass is 9.84. The number of fused-ring (bicyclic) bond motifs is 1. The van der Waals surface area contributed by atoms with Crippen LogP contribution in [0.3, 0.4) is 0 Å². The molecule has 1 aromatic heterocycles. The number of nitriles is 1. The Morgan fingerprint density at radius 1 is 1.19 bits per heavy atom. The highest BCUT2D eigenvalue weighted by atomic mass is 35.5. The number of nitrogens with two attached hydrogens (primary N) is 1. The molecular weight excluding hydrogens is 430 g/mol. The van der Waals surface area contributed by atoms with Crippen LogP contribution in [0.15, 0.2) is 64.8 Å². The van der Waals surface area contributed by atoms with Gasteiger partial charge in [-0.05, 0) is 42.7 Å². The minimum atomic E-state index is -0.755. The molecule has 4 N–H and O–H groups in total. The summed E-state index contributed by atoms with van der Waals surface area (Å²) in [6.45, 7) is 2.10. The van der Waals surface area contributed by atoms with Crippen LogP contribution in [0.4, 0.5) is 0 Å². The Balaban J connectivity index is 1.82. The number of pyridine rings is 1. The van der Waals surface area contributed by atoms with Crippen LogP contribution in [0.25, 0.3) is 0 Å². The number of benzene rings is 2. The van der Waals surface area contributed by atoms with Crippen LogP contribution in [0.1, 0.15) is 28.3 Å². The number of halogens is 1. The number of phenolic OH excluding ortho intramolecular Hbond substituents is 2. The molecule has 0 amide bonds. The summed E-state index contributed by atoms with van der Waals surface area (Å²) < 4.78 is 7.24. The second kappa shape index (κ2) is 8.33. The number of aromatic nitrogens is 1. The maximum atomic E-state index is 13.6. The number of aryl methyl sites for hydroxylation is 2. The van der Waals surface area contributed by atoms with Gasteiger partial charge in [0, 0.05) is 23.3 Å². The second-order valence-electron chi connectivity index (χ2n) is 7.54. The van der Waals surface area contributed by atoms with Gasteiger partial charge in [-0.1, -0.05) is 35.9 Å². The van der Waals surface area contributed by atoms with E-state index >= 15 is 0 Å². The molecule has 0 saturated carbocycles. The van der Waals surface area contributed by atoms with Gasteiger partial charge in [0.2, 0.25) is 5.88 Å². The van der Waals surface area contributed by atoms with Crippen molar-refractivity contribution in [3.8, 4) is 23.3 Å². The molecule has 1 aliphatic rings. The highest BCUT2D eigenvalue weighted by Crippen LogP contribution is 2.42. The number of aromatic hydroxyl groups is 2. The third-order valence-corrected chi connectivity index (χ3v) is 5.91. The first kappa shape index (κ1) is 21.3. The van der Waals surface area contributed by atoms with E-state index in [2.05, 4.69) is 6.07 Å². The normalized spacial score (nSPS) is 15.1. The molecule has 0 radical (unpaired) electrons. The van der Waals surface area contributed by atoms with Gasteiger partial charge in [0.05, 0.1) is 11.5 Å². The molecular formula is C24H20ClN3O4. The molecule has 2 aromatic carbocycles. The zero-order valence-corrected chi connectivity index (χ0v) is 17.9. The third kappa shape index (κ3) is 3.66. The number of nitrogens with zero attached hydrogens (tertiary/aromatic N) is 2. The minimum absolute atomic E-state index is 0.0546. The van der Waals surface area contributed by atoms with E-state index in [1.807, 2.05) is 0 Å². The van der Waals surface area contributed by atoms with E-state index in [1.54, 1.807) is 47.9 Å². The Morgan fingerprint density at radius 3 is 2.62 bits per heavy atom. The average Bonchev–Trinajstić information content (AvgIpc) is 2.75. The van der Waals surface area contributed by atoms with Gasteiger partial charge in [-0.2, -0.15) is 5.26 Å². The molecule has 0 fully saturated rings. The van der Waals surface area contributed by atoms with E-state index < -0.39 is 5.92 Å². The molecule has 2 heterocycles. The topological polar surface area (TPSA) is 122 Å². The largest absolute Gasteiger partial charge is 0.504 e. The van der Waals surface area contributed by atoms with E-state index in [1.165, 1.54) is 12.1 Å². The lowest BCUT2D eigenvalue weighted by Gasteiger charge is -2.27. The number of phenols is 2. The molecule has 0 aliphatic carbocycles. The van der Waals surface area contributed by atoms with E-state index in [4.69, 9.17) is 22.1 Å². The monoisotopic (exact) mass is 449 g/mol. The van der Waals surface area contributed by atoms with Crippen molar-refractivity contribution in [2.24, 2.45) is 5.73 Å². The van der Waals surface area contributed by atoms with E-state index in [9.17, 15) is 20.3 Å². The fourth-order valence-corrected chi connectivity index (χ4v) is 4.19. The first-order valence-corrected chi connectivity index (χ1v) is 10.3. The summed E-state index contributed by atoms with van der Waals surface area (Å²) in [5, 5.41) is 29.4. The summed E-state index contributed by atoms with van der Waals surface area (Å²) >= 11 is 6.42. The van der Waals surface area contributed by atoms with Crippen LogP contribution in [-0.2, 0) is 13.0 Å². The molecule has 4 rings (SSSR count). The first-order chi connectivity index (χ1) is 15.3. The predicted octanol–water partition coefficient (Wildman–Crippen LogP) is 3.68. The Kier molecular flexibility index (Phi) is 5.56. The molecule has 0 bridgehead atoms.